The summed E-state index contributed by atoms with van der Waals surface area (Å²) in [4.78, 5) is 11.2. The van der Waals surface area contributed by atoms with Crippen molar-refractivity contribution >= 4 is 23.3 Å². The molecular formula is C13H16ClNO3. The molecule has 1 aromatic carbocycles. The van der Waals surface area contributed by atoms with Crippen LogP contribution in [0.15, 0.2) is 18.2 Å². The van der Waals surface area contributed by atoms with Gasteiger partial charge in [-0.2, -0.15) is 0 Å². The molecule has 0 spiro atoms. The number of hydrogen-bond donors (Lipinski definition) is 2. The van der Waals surface area contributed by atoms with E-state index >= 15 is 0 Å². The van der Waals surface area contributed by atoms with Gasteiger partial charge in [0.2, 0.25) is 0 Å². The summed E-state index contributed by atoms with van der Waals surface area (Å²) in [7, 11) is 1.70. The number of halogens is 1. The lowest BCUT2D eigenvalue weighted by Gasteiger charge is -2.16. The first kappa shape index (κ1) is 13.2. The highest BCUT2D eigenvalue weighted by molar-refractivity contribution is 6.34. The molecule has 98 valence electrons. The summed E-state index contributed by atoms with van der Waals surface area (Å²) in [5.41, 5.74) is 0.719. The lowest BCUT2D eigenvalue weighted by molar-refractivity contribution is 0.0698. The summed E-state index contributed by atoms with van der Waals surface area (Å²) in [6, 6.07) is 5.32. The minimum Gasteiger partial charge on any atom is -0.478 e. The van der Waals surface area contributed by atoms with Crippen LogP contribution in [-0.2, 0) is 4.74 Å². The zero-order chi connectivity index (χ0) is 13.1. The Kier molecular flexibility index (Phi) is 4.09. The van der Waals surface area contributed by atoms with Gasteiger partial charge in [0.15, 0.2) is 0 Å². The van der Waals surface area contributed by atoms with Gasteiger partial charge in [-0.25, -0.2) is 4.79 Å². The number of anilines is 1. The Balaban J connectivity index is 2.15. The summed E-state index contributed by atoms with van der Waals surface area (Å²) in [5.74, 6) is -1.01. The molecule has 0 aromatic heterocycles. The number of rotatable bonds is 4. The van der Waals surface area contributed by atoms with E-state index in [0.717, 1.165) is 19.3 Å². The lowest BCUT2D eigenvalue weighted by atomic mass is 10.1. The van der Waals surface area contributed by atoms with Gasteiger partial charge in [0, 0.05) is 13.2 Å². The lowest BCUT2D eigenvalue weighted by Crippen LogP contribution is -2.19. The normalized spacial score (nSPS) is 23.0. The third-order valence-electron chi connectivity index (χ3n) is 3.30. The van der Waals surface area contributed by atoms with Crippen LogP contribution in [0.4, 0.5) is 5.69 Å². The molecule has 0 bridgehead atoms. The zero-order valence-corrected chi connectivity index (χ0v) is 10.9. The maximum Gasteiger partial charge on any atom is 0.339 e. The molecule has 2 rings (SSSR count). The number of aromatic carboxylic acids is 1. The van der Waals surface area contributed by atoms with Crippen molar-refractivity contribution in [1.82, 2.24) is 0 Å². The van der Waals surface area contributed by atoms with E-state index in [9.17, 15) is 4.79 Å². The van der Waals surface area contributed by atoms with Crippen LogP contribution in [0.5, 0.6) is 0 Å². The summed E-state index contributed by atoms with van der Waals surface area (Å²) >= 11 is 5.92. The third-order valence-corrected chi connectivity index (χ3v) is 3.62. The smallest absolute Gasteiger partial charge is 0.339 e. The number of hydrogen-bond acceptors (Lipinski definition) is 3. The second-order valence-electron chi connectivity index (χ2n) is 4.48. The fraction of sp³-hybridized carbons (Fsp3) is 0.462. The quantitative estimate of drug-likeness (QED) is 0.882. The molecule has 5 heteroatoms. The first-order chi connectivity index (χ1) is 8.61. The Bertz CT molecular complexity index is 450. The van der Waals surface area contributed by atoms with Gasteiger partial charge >= 0.3 is 5.97 Å². The van der Waals surface area contributed by atoms with E-state index in [0.29, 0.717) is 5.69 Å². The van der Waals surface area contributed by atoms with Crippen molar-refractivity contribution < 1.29 is 14.6 Å². The Morgan fingerprint density at radius 2 is 2.28 bits per heavy atom. The van der Waals surface area contributed by atoms with Crippen LogP contribution in [-0.4, -0.2) is 30.3 Å². The van der Waals surface area contributed by atoms with Crippen molar-refractivity contribution in [3.8, 4) is 0 Å². The average molecular weight is 270 g/mol. The first-order valence-corrected chi connectivity index (χ1v) is 6.30. The molecule has 1 saturated carbocycles. The van der Waals surface area contributed by atoms with Crippen molar-refractivity contribution in [2.24, 2.45) is 0 Å². The molecule has 0 amide bonds. The molecule has 0 heterocycles. The van der Waals surface area contributed by atoms with E-state index in [1.807, 2.05) is 0 Å². The van der Waals surface area contributed by atoms with E-state index in [2.05, 4.69) is 5.32 Å². The van der Waals surface area contributed by atoms with Crippen LogP contribution in [0.25, 0.3) is 0 Å². The van der Waals surface area contributed by atoms with Gasteiger partial charge in [-0.15, -0.1) is 0 Å². The molecule has 2 unspecified atom stereocenters. The third kappa shape index (κ3) is 2.76. The number of carbonyl (C=O) groups is 1. The van der Waals surface area contributed by atoms with Crippen molar-refractivity contribution in [1.29, 1.82) is 0 Å². The predicted octanol–water partition coefficient (Wildman–Crippen LogP) is 3.02. The number of methoxy groups -OCH3 is 1. The molecule has 0 saturated heterocycles. The molecule has 2 atom stereocenters. The molecule has 1 aliphatic rings. The van der Waals surface area contributed by atoms with E-state index in [4.69, 9.17) is 21.4 Å². The standard InChI is InChI=1S/C13H16ClNO3/c1-18-9-6-5-8(7-9)15-11-4-2-3-10(14)12(11)13(16)17/h2-4,8-9,15H,5-7H2,1H3,(H,16,17). The fourth-order valence-corrected chi connectivity index (χ4v) is 2.62. The van der Waals surface area contributed by atoms with Gasteiger partial charge in [-0.1, -0.05) is 17.7 Å². The molecule has 1 aliphatic carbocycles. The van der Waals surface area contributed by atoms with Crippen LogP contribution in [0.3, 0.4) is 0 Å². The first-order valence-electron chi connectivity index (χ1n) is 5.93. The number of carboxylic acid groups (broad SMARTS) is 1. The highest BCUT2D eigenvalue weighted by Crippen LogP contribution is 2.29. The zero-order valence-electron chi connectivity index (χ0n) is 10.1. The van der Waals surface area contributed by atoms with Crippen molar-refractivity contribution in [3.63, 3.8) is 0 Å². The van der Waals surface area contributed by atoms with Gasteiger partial charge in [-0.05, 0) is 31.4 Å². The van der Waals surface area contributed by atoms with Crippen molar-refractivity contribution in [3.05, 3.63) is 28.8 Å². The second kappa shape index (κ2) is 5.59. The minimum atomic E-state index is -1.01. The van der Waals surface area contributed by atoms with Crippen LogP contribution in [0.1, 0.15) is 29.6 Å². The Labute approximate surface area is 111 Å². The van der Waals surface area contributed by atoms with Crippen molar-refractivity contribution in [2.45, 2.75) is 31.4 Å². The highest BCUT2D eigenvalue weighted by Gasteiger charge is 2.25. The van der Waals surface area contributed by atoms with Gasteiger partial charge in [0.05, 0.1) is 16.8 Å². The van der Waals surface area contributed by atoms with Crippen LogP contribution in [0.2, 0.25) is 5.02 Å². The van der Waals surface area contributed by atoms with Crippen LogP contribution in [0, 0.1) is 0 Å². The Morgan fingerprint density at radius 1 is 1.50 bits per heavy atom. The molecule has 1 fully saturated rings. The largest absolute Gasteiger partial charge is 0.478 e. The summed E-state index contributed by atoms with van der Waals surface area (Å²) in [6.45, 7) is 0. The van der Waals surface area contributed by atoms with Gasteiger partial charge in [0.1, 0.15) is 5.56 Å². The SMILES string of the molecule is COC1CCC(Nc2cccc(Cl)c2C(=O)O)C1. The molecule has 0 aliphatic heterocycles. The van der Waals surface area contributed by atoms with E-state index in [-0.39, 0.29) is 22.7 Å². The number of ether oxygens (including phenoxy) is 1. The average Bonchev–Trinajstić information content (AvgIpc) is 2.76. The number of nitrogens with one attached hydrogen (secondary N) is 1. The summed E-state index contributed by atoms with van der Waals surface area (Å²) in [5, 5.41) is 12.7. The van der Waals surface area contributed by atoms with Gasteiger partial charge in [-0.3, -0.25) is 0 Å². The molecule has 4 nitrogen and oxygen atoms in total. The Hall–Kier alpha value is -1.26. The van der Waals surface area contributed by atoms with E-state index in [1.54, 1.807) is 25.3 Å². The van der Waals surface area contributed by atoms with Gasteiger partial charge < -0.3 is 15.2 Å². The fourth-order valence-electron chi connectivity index (χ4n) is 2.37. The summed E-state index contributed by atoms with van der Waals surface area (Å²) < 4.78 is 5.30. The van der Waals surface area contributed by atoms with Crippen LogP contribution >= 0.6 is 11.6 Å². The highest BCUT2D eigenvalue weighted by atomic mass is 35.5. The van der Waals surface area contributed by atoms with E-state index < -0.39 is 5.97 Å². The predicted molar refractivity (Wildman–Crippen MR) is 70.5 cm³/mol. The molecule has 1 aromatic rings. The minimum absolute atomic E-state index is 0.139. The molecular weight excluding hydrogens is 254 g/mol. The van der Waals surface area contributed by atoms with E-state index in [1.165, 1.54) is 0 Å². The topological polar surface area (TPSA) is 58.6 Å². The molecule has 2 N–H and O–H groups in total. The van der Waals surface area contributed by atoms with Gasteiger partial charge in [0.25, 0.3) is 0 Å². The summed E-state index contributed by atoms with van der Waals surface area (Å²) in [6.07, 6.45) is 3.12. The second-order valence-corrected chi connectivity index (χ2v) is 4.89. The molecule has 18 heavy (non-hydrogen) atoms. The number of benzene rings is 1. The van der Waals surface area contributed by atoms with Crippen LogP contribution < -0.4 is 5.32 Å². The Morgan fingerprint density at radius 3 is 2.89 bits per heavy atom. The molecule has 0 radical (unpaired) electrons. The number of carboxylic acids is 1. The monoisotopic (exact) mass is 269 g/mol. The maximum absolute atomic E-state index is 11.2. The maximum atomic E-state index is 11.2. The van der Waals surface area contributed by atoms with Crippen molar-refractivity contribution in [2.75, 3.05) is 12.4 Å².